The zero-order chi connectivity index (χ0) is 18.2. The third-order valence-electron chi connectivity index (χ3n) is 7.83. The molecule has 4 atom stereocenters. The zero-order valence-corrected chi connectivity index (χ0v) is 15.9. The lowest BCUT2D eigenvalue weighted by Crippen LogP contribution is -2.67. The van der Waals surface area contributed by atoms with Crippen LogP contribution in [-0.2, 0) is 11.2 Å². The molecular weight excluding hydrogens is 316 g/mol. The minimum absolute atomic E-state index is 0.0206. The van der Waals surface area contributed by atoms with Gasteiger partial charge in [-0.2, -0.15) is 0 Å². The van der Waals surface area contributed by atoms with Crippen molar-refractivity contribution < 1.29 is 13.9 Å². The molecule has 1 aromatic rings. The number of rotatable bonds is 0. The fourth-order valence-electron chi connectivity index (χ4n) is 6.06. The van der Waals surface area contributed by atoms with E-state index in [1.165, 1.54) is 0 Å². The van der Waals surface area contributed by atoms with Crippen molar-refractivity contribution in [2.45, 2.75) is 72.3 Å². The molecule has 2 fully saturated rings. The van der Waals surface area contributed by atoms with Crippen LogP contribution in [0.25, 0.3) is 0 Å². The topological polar surface area (TPSA) is 56.5 Å². The predicted molar refractivity (Wildman–Crippen MR) is 94.8 cm³/mol. The molecule has 4 heteroatoms. The lowest BCUT2D eigenvalue weighted by atomic mass is 9.44. The number of carbonyl (C=O) groups is 1. The summed E-state index contributed by atoms with van der Waals surface area (Å²) in [7, 11) is 0. The van der Waals surface area contributed by atoms with Crippen molar-refractivity contribution in [3.63, 3.8) is 0 Å². The largest absolute Gasteiger partial charge is 0.458 e. The first-order valence-corrected chi connectivity index (χ1v) is 9.45. The van der Waals surface area contributed by atoms with E-state index in [1.807, 2.05) is 0 Å². The molecule has 0 saturated heterocycles. The number of fused-ring (bicyclic) bond motifs is 4. The predicted octanol–water partition coefficient (Wildman–Crippen LogP) is 4.06. The number of ether oxygens (including phenoxy) is 1. The van der Waals surface area contributed by atoms with Crippen molar-refractivity contribution in [1.29, 1.82) is 0 Å². The van der Waals surface area contributed by atoms with Gasteiger partial charge in [0, 0.05) is 29.2 Å². The van der Waals surface area contributed by atoms with Crippen molar-refractivity contribution in [3.05, 3.63) is 27.6 Å². The fourth-order valence-corrected chi connectivity index (χ4v) is 6.06. The van der Waals surface area contributed by atoms with Gasteiger partial charge in [-0.15, -0.1) is 0 Å². The highest BCUT2D eigenvalue weighted by atomic mass is 16.6. The molecule has 136 valence electrons. The molecule has 0 aromatic carbocycles. The molecule has 4 rings (SSSR count). The maximum atomic E-state index is 12.6. The van der Waals surface area contributed by atoms with E-state index in [9.17, 15) is 9.59 Å². The Bertz CT molecular complexity index is 805. The Hall–Kier alpha value is -1.58. The fraction of sp³-hybridized carbons (Fsp3) is 0.714. The van der Waals surface area contributed by atoms with Crippen LogP contribution in [0.5, 0.6) is 5.95 Å². The summed E-state index contributed by atoms with van der Waals surface area (Å²) in [6.07, 6.45) is 4.17. The summed E-state index contributed by atoms with van der Waals surface area (Å²) < 4.78 is 12.3. The summed E-state index contributed by atoms with van der Waals surface area (Å²) >= 11 is 0. The Labute approximate surface area is 148 Å². The van der Waals surface area contributed by atoms with Gasteiger partial charge < -0.3 is 9.15 Å². The summed E-state index contributed by atoms with van der Waals surface area (Å²) in [5.41, 5.74) is -0.135. The highest BCUT2D eigenvalue weighted by molar-refractivity contribution is 5.85. The van der Waals surface area contributed by atoms with Gasteiger partial charge in [0.2, 0.25) is 0 Å². The van der Waals surface area contributed by atoms with Crippen molar-refractivity contribution in [3.8, 4) is 5.95 Å². The second kappa shape index (κ2) is 4.99. The van der Waals surface area contributed by atoms with Gasteiger partial charge in [-0.05, 0) is 45.4 Å². The molecule has 2 aliphatic carbocycles. The van der Waals surface area contributed by atoms with Crippen molar-refractivity contribution in [2.75, 3.05) is 0 Å². The van der Waals surface area contributed by atoms with Crippen LogP contribution in [0, 0.1) is 29.6 Å². The quantitative estimate of drug-likeness (QED) is 0.712. The average Bonchev–Trinajstić information content (AvgIpc) is 2.51. The van der Waals surface area contributed by atoms with Crippen molar-refractivity contribution >= 4 is 5.78 Å². The minimum atomic E-state index is -0.412. The highest BCUT2D eigenvalue weighted by Gasteiger charge is 2.65. The molecule has 0 bridgehead atoms. The molecule has 4 nitrogen and oxygen atoms in total. The second-order valence-corrected chi connectivity index (χ2v) is 9.29. The van der Waals surface area contributed by atoms with Crippen LogP contribution in [0.2, 0.25) is 0 Å². The summed E-state index contributed by atoms with van der Waals surface area (Å²) in [5, 5.41) is 0. The molecule has 1 aliphatic heterocycles. The van der Waals surface area contributed by atoms with Gasteiger partial charge in [-0.1, -0.05) is 20.8 Å². The number of ketones is 1. The van der Waals surface area contributed by atoms with E-state index in [0.29, 0.717) is 41.8 Å². The Kier molecular flexibility index (Phi) is 3.36. The van der Waals surface area contributed by atoms with E-state index in [0.717, 1.165) is 19.3 Å². The second-order valence-electron chi connectivity index (χ2n) is 9.29. The molecule has 1 aromatic heterocycles. The first-order chi connectivity index (χ1) is 11.6. The average molecular weight is 344 g/mol. The Morgan fingerprint density at radius 3 is 2.56 bits per heavy atom. The van der Waals surface area contributed by atoms with Crippen LogP contribution in [-0.4, -0.2) is 11.4 Å². The van der Waals surface area contributed by atoms with E-state index in [1.54, 1.807) is 13.0 Å². The van der Waals surface area contributed by atoms with Crippen LogP contribution in [0.3, 0.4) is 0 Å². The van der Waals surface area contributed by atoms with Gasteiger partial charge in [0.15, 0.2) is 5.43 Å². The van der Waals surface area contributed by atoms with Crippen molar-refractivity contribution in [2.24, 2.45) is 22.7 Å². The molecular formula is C21H28O4. The van der Waals surface area contributed by atoms with E-state index in [-0.39, 0.29) is 22.2 Å². The Balaban J connectivity index is 1.83. The third kappa shape index (κ3) is 2.06. The molecule has 4 unspecified atom stereocenters. The smallest absolute Gasteiger partial charge is 0.292 e. The first-order valence-electron chi connectivity index (χ1n) is 9.45. The van der Waals surface area contributed by atoms with Gasteiger partial charge in [-0.3, -0.25) is 9.59 Å². The summed E-state index contributed by atoms with van der Waals surface area (Å²) in [6, 6.07) is 1.56. The van der Waals surface area contributed by atoms with E-state index >= 15 is 0 Å². The molecule has 0 spiro atoms. The lowest BCUT2D eigenvalue weighted by molar-refractivity contribution is -0.200. The van der Waals surface area contributed by atoms with E-state index in [2.05, 4.69) is 27.7 Å². The Morgan fingerprint density at radius 1 is 1.12 bits per heavy atom. The normalized spacial score (nSPS) is 39.0. The molecule has 2 saturated carbocycles. The third-order valence-corrected chi connectivity index (χ3v) is 7.83. The molecule has 0 radical (unpaired) electrons. The van der Waals surface area contributed by atoms with Gasteiger partial charge >= 0.3 is 0 Å². The molecule has 0 N–H and O–H groups in total. The molecule has 3 aliphatic rings. The standard InChI is InChI=1S/C21H28O4/c1-12-10-15(22)14-11-13-6-7-16-19(2,3)17(23)8-9-20(16,4)21(13,5)25-18(14)24-12/h10,13,16H,6-9,11H2,1-5H3. The number of Topliss-reactive ketones (excluding diaryl/α,β-unsaturated/α-hetero) is 1. The number of carbonyl (C=O) groups excluding carboxylic acids is 1. The van der Waals surface area contributed by atoms with Crippen LogP contribution in [0.1, 0.15) is 64.7 Å². The number of hydrogen-bond donors (Lipinski definition) is 0. The van der Waals surface area contributed by atoms with Crippen LogP contribution < -0.4 is 10.2 Å². The minimum Gasteiger partial charge on any atom is -0.458 e. The molecule has 2 heterocycles. The first kappa shape index (κ1) is 16.9. The lowest BCUT2D eigenvalue weighted by Gasteiger charge is -2.63. The van der Waals surface area contributed by atoms with Crippen LogP contribution in [0.15, 0.2) is 15.3 Å². The van der Waals surface area contributed by atoms with Crippen molar-refractivity contribution in [1.82, 2.24) is 0 Å². The van der Waals surface area contributed by atoms with Crippen LogP contribution in [0.4, 0.5) is 0 Å². The van der Waals surface area contributed by atoms with E-state index < -0.39 is 5.60 Å². The zero-order valence-electron chi connectivity index (χ0n) is 15.9. The monoisotopic (exact) mass is 344 g/mol. The summed E-state index contributed by atoms with van der Waals surface area (Å²) in [6.45, 7) is 10.5. The summed E-state index contributed by atoms with van der Waals surface area (Å²) in [5.74, 6) is 1.94. The van der Waals surface area contributed by atoms with Gasteiger partial charge in [0.1, 0.15) is 17.1 Å². The summed E-state index contributed by atoms with van der Waals surface area (Å²) in [4.78, 5) is 25.0. The maximum Gasteiger partial charge on any atom is 0.292 e. The van der Waals surface area contributed by atoms with Gasteiger partial charge in [0.05, 0.1) is 5.56 Å². The van der Waals surface area contributed by atoms with Gasteiger partial charge in [-0.25, -0.2) is 0 Å². The Morgan fingerprint density at radius 2 is 1.84 bits per heavy atom. The molecule has 25 heavy (non-hydrogen) atoms. The number of aryl methyl sites for hydroxylation is 1. The highest BCUT2D eigenvalue weighted by Crippen LogP contribution is 2.64. The SMILES string of the molecule is Cc1cc(=O)c2c(o1)OC1(C)C(CCC3C(C)(C)C(=O)CCC31C)C2. The van der Waals surface area contributed by atoms with E-state index in [4.69, 9.17) is 9.15 Å². The molecule has 0 amide bonds. The number of hydrogen-bond acceptors (Lipinski definition) is 4. The maximum absolute atomic E-state index is 12.6. The van der Waals surface area contributed by atoms with Gasteiger partial charge in [0.25, 0.3) is 5.95 Å². The van der Waals surface area contributed by atoms with Crippen LogP contribution >= 0.6 is 0 Å².